The summed E-state index contributed by atoms with van der Waals surface area (Å²) in [7, 11) is 0. The summed E-state index contributed by atoms with van der Waals surface area (Å²) >= 11 is 0. The van der Waals surface area contributed by atoms with E-state index in [1.54, 1.807) is 0 Å². The minimum Gasteiger partial charge on any atom is -0.386 e. The molecule has 26 heavy (non-hydrogen) atoms. The molecule has 4 N–H and O–H groups in total. The van der Waals surface area contributed by atoms with Crippen LogP contribution in [0, 0.1) is 11.3 Å². The summed E-state index contributed by atoms with van der Waals surface area (Å²) in [5, 5.41) is 32.1. The number of nitrogens with zero attached hydrogens (tertiary/aromatic N) is 2. The molecule has 5 aliphatic rings. The van der Waals surface area contributed by atoms with Crippen molar-refractivity contribution in [2.45, 2.75) is 43.7 Å². The highest BCUT2D eigenvalue weighted by Crippen LogP contribution is 2.54. The first-order valence-corrected chi connectivity index (χ1v) is 8.99. The number of hydrogen-bond donors (Lipinski definition) is 4. The fraction of sp³-hybridized carbons (Fsp3) is 0.556. The molecule has 3 aliphatic heterocycles. The van der Waals surface area contributed by atoms with Gasteiger partial charge in [0, 0.05) is 25.5 Å². The van der Waals surface area contributed by atoms with Crippen LogP contribution in [-0.2, 0) is 11.2 Å². The van der Waals surface area contributed by atoms with Gasteiger partial charge in [0.05, 0.1) is 11.0 Å². The number of Topliss-reactive ketones (excluding diaryl/α,β-unsaturated/α-hetero) is 2. The topological polar surface area (TPSA) is 126 Å². The number of fused-ring (bicyclic) bond motifs is 2. The number of aliphatic hydroxyl groups excluding tert-OH is 3. The van der Waals surface area contributed by atoms with Crippen LogP contribution >= 0.6 is 0 Å². The lowest BCUT2D eigenvalue weighted by atomic mass is 9.51. The van der Waals surface area contributed by atoms with Crippen molar-refractivity contribution in [3.05, 3.63) is 23.0 Å². The summed E-state index contributed by atoms with van der Waals surface area (Å²) in [5.74, 6) is -1.27. The van der Waals surface area contributed by atoms with E-state index in [-0.39, 0.29) is 30.1 Å². The Bertz CT molecular complexity index is 975. The van der Waals surface area contributed by atoms with Gasteiger partial charge in [0.25, 0.3) is 0 Å². The maximum atomic E-state index is 13.1. The van der Waals surface area contributed by atoms with Crippen LogP contribution in [0.2, 0.25) is 0 Å². The fourth-order valence-corrected chi connectivity index (χ4v) is 6.02. The van der Waals surface area contributed by atoms with Crippen molar-refractivity contribution in [2.24, 2.45) is 16.3 Å². The number of carbonyl (C=O) groups is 2. The van der Waals surface area contributed by atoms with Crippen molar-refractivity contribution in [2.75, 3.05) is 6.54 Å². The molecule has 2 bridgehead atoms. The number of aromatic amines is 1. The van der Waals surface area contributed by atoms with Crippen molar-refractivity contribution >= 4 is 23.0 Å². The van der Waals surface area contributed by atoms with Gasteiger partial charge in [-0.1, -0.05) is 0 Å². The smallest absolute Gasteiger partial charge is 0.224 e. The van der Waals surface area contributed by atoms with Crippen molar-refractivity contribution in [1.82, 2.24) is 4.98 Å². The molecule has 0 radical (unpaired) electrons. The first kappa shape index (κ1) is 15.0. The van der Waals surface area contributed by atoms with Gasteiger partial charge >= 0.3 is 0 Å². The Morgan fingerprint density at radius 3 is 2.88 bits per heavy atom. The van der Waals surface area contributed by atoms with E-state index in [1.807, 2.05) is 10.8 Å². The molecule has 6 rings (SSSR count). The zero-order valence-electron chi connectivity index (χ0n) is 13.8. The molecule has 6 atom stereocenters. The molecule has 0 saturated heterocycles. The minimum absolute atomic E-state index is 0.0237. The number of carbonyl (C=O) groups excluding carboxylic acids is 2. The summed E-state index contributed by atoms with van der Waals surface area (Å²) in [4.78, 5) is 33.4. The normalized spacial score (nSPS) is 42.6. The van der Waals surface area contributed by atoms with Gasteiger partial charge in [-0.2, -0.15) is 0 Å². The van der Waals surface area contributed by atoms with Gasteiger partial charge in [0.1, 0.15) is 48.1 Å². The monoisotopic (exact) mass is 356 g/mol. The lowest BCUT2D eigenvalue weighted by Crippen LogP contribution is -2.74. The molecule has 2 unspecified atom stereocenters. The molecule has 0 amide bonds. The van der Waals surface area contributed by atoms with Crippen LogP contribution in [0.5, 0.6) is 0 Å². The molecule has 134 valence electrons. The van der Waals surface area contributed by atoms with Gasteiger partial charge in [0.15, 0.2) is 5.71 Å². The molecule has 8 heteroatoms. The average Bonchev–Trinajstić information content (AvgIpc) is 3.03. The summed E-state index contributed by atoms with van der Waals surface area (Å²) in [6.45, 7) is 0.600. The first-order valence-electron chi connectivity index (χ1n) is 8.99. The van der Waals surface area contributed by atoms with E-state index >= 15 is 0 Å². The van der Waals surface area contributed by atoms with Crippen LogP contribution < -0.4 is 0 Å². The second kappa shape index (κ2) is 4.39. The van der Waals surface area contributed by atoms with E-state index in [0.717, 1.165) is 16.8 Å². The Kier molecular flexibility index (Phi) is 2.52. The predicted molar refractivity (Wildman–Crippen MR) is 87.5 cm³/mol. The number of aliphatic imine (C=N–C) groups is 1. The summed E-state index contributed by atoms with van der Waals surface area (Å²) in [6, 6.07) is -0.616. The molecule has 1 fully saturated rings. The van der Waals surface area contributed by atoms with Crippen LogP contribution in [-0.4, -0.2) is 78.9 Å². The lowest BCUT2D eigenvalue weighted by molar-refractivity contribution is -0.601. The van der Waals surface area contributed by atoms with Gasteiger partial charge in [-0.05, 0) is 5.56 Å². The van der Waals surface area contributed by atoms with E-state index < -0.39 is 35.8 Å². The molecule has 2 aliphatic carbocycles. The first-order chi connectivity index (χ1) is 12.4. The van der Waals surface area contributed by atoms with E-state index in [1.165, 1.54) is 0 Å². The highest BCUT2D eigenvalue weighted by molar-refractivity contribution is 6.54. The van der Waals surface area contributed by atoms with Crippen LogP contribution in [0.4, 0.5) is 0 Å². The molecule has 1 aromatic heterocycles. The second-order valence-electron chi connectivity index (χ2n) is 8.02. The number of rotatable bonds is 0. The Balaban J connectivity index is 1.77. The molecule has 8 nitrogen and oxygen atoms in total. The average molecular weight is 356 g/mol. The van der Waals surface area contributed by atoms with Crippen LogP contribution in [0.25, 0.3) is 0 Å². The zero-order chi connectivity index (χ0) is 18.0. The summed E-state index contributed by atoms with van der Waals surface area (Å²) < 4.78 is 1.98. The molecule has 4 heterocycles. The molecule has 1 aromatic rings. The number of ketones is 2. The van der Waals surface area contributed by atoms with Crippen molar-refractivity contribution in [3.8, 4) is 0 Å². The molecule has 0 aromatic carbocycles. The van der Waals surface area contributed by atoms with Crippen LogP contribution in [0.3, 0.4) is 0 Å². The Hall–Kier alpha value is -2.16. The highest BCUT2D eigenvalue weighted by atomic mass is 16.3. The maximum Gasteiger partial charge on any atom is 0.224 e. The van der Waals surface area contributed by atoms with Crippen LogP contribution in [0.1, 0.15) is 34.5 Å². The minimum atomic E-state index is -1.30. The quantitative estimate of drug-likeness (QED) is 0.417. The summed E-state index contributed by atoms with van der Waals surface area (Å²) in [6.07, 6.45) is -0.937. The van der Waals surface area contributed by atoms with E-state index in [2.05, 4.69) is 9.98 Å². The van der Waals surface area contributed by atoms with Gasteiger partial charge in [-0.25, -0.2) is 4.58 Å². The van der Waals surface area contributed by atoms with Crippen molar-refractivity contribution < 1.29 is 29.5 Å². The van der Waals surface area contributed by atoms with E-state index in [9.17, 15) is 24.9 Å². The Labute approximate surface area is 147 Å². The number of nitrogens with one attached hydrogen (secondary N) is 1. The number of aliphatic hydroxyl groups is 3. The second-order valence-corrected chi connectivity index (χ2v) is 8.02. The Morgan fingerprint density at radius 1 is 1.27 bits per heavy atom. The van der Waals surface area contributed by atoms with Gasteiger partial charge < -0.3 is 20.3 Å². The number of aromatic nitrogens is 1. The highest BCUT2D eigenvalue weighted by Gasteiger charge is 2.72. The number of hydrogen-bond acceptors (Lipinski definition) is 6. The maximum absolute atomic E-state index is 13.1. The van der Waals surface area contributed by atoms with Crippen molar-refractivity contribution in [1.29, 1.82) is 0 Å². The lowest BCUT2D eigenvalue weighted by Gasteiger charge is -2.54. The molecule has 1 spiro atoms. The van der Waals surface area contributed by atoms with E-state index in [4.69, 9.17) is 0 Å². The third kappa shape index (κ3) is 1.38. The largest absolute Gasteiger partial charge is 0.386 e. The van der Waals surface area contributed by atoms with Crippen molar-refractivity contribution in [3.63, 3.8) is 0 Å². The SMILES string of the molecule is O=C1C2=N[C@H](O)C[C@]34C(=O)C[C@@H](O)C([C@@H]3O)[N+]3=C(c5c(c[nH]c51)CC3)C24. The van der Waals surface area contributed by atoms with Gasteiger partial charge in [-0.3, -0.25) is 14.6 Å². The number of H-pyrrole nitrogens is 1. The molecular formula is C18H18N3O5+. The predicted octanol–water partition coefficient (Wildman–Crippen LogP) is -1.59. The third-order valence-corrected chi connectivity index (χ3v) is 7.00. The Morgan fingerprint density at radius 2 is 2.08 bits per heavy atom. The fourth-order valence-electron chi connectivity index (χ4n) is 6.02. The standard InChI is InChI=1S/C18H17N3O5/c22-7-3-8(23)18-4-9(24)20-13-11(18)15-10-6(5-19-12(10)16(13)25)1-2-21(15)14(7)17(18)26/h5,7,9,11,14,17,22,24,26H,1-4H2/p+1/t7-,9-,11?,14?,17+,18-/m1/s1. The molecular weight excluding hydrogens is 338 g/mol. The third-order valence-electron chi connectivity index (χ3n) is 7.00. The van der Waals surface area contributed by atoms with E-state index in [0.29, 0.717) is 18.7 Å². The molecule has 1 saturated carbocycles. The van der Waals surface area contributed by atoms with Crippen LogP contribution in [0.15, 0.2) is 11.2 Å². The van der Waals surface area contributed by atoms with Gasteiger partial charge in [0.2, 0.25) is 11.8 Å². The summed E-state index contributed by atoms with van der Waals surface area (Å²) in [5.41, 5.74) is 1.88. The zero-order valence-corrected chi connectivity index (χ0v) is 13.8. The van der Waals surface area contributed by atoms with Gasteiger partial charge in [-0.15, -0.1) is 0 Å².